The van der Waals surface area contributed by atoms with Gasteiger partial charge in [0, 0.05) is 19.1 Å². The summed E-state index contributed by atoms with van der Waals surface area (Å²) in [4.78, 5) is 37.4. The van der Waals surface area contributed by atoms with Gasteiger partial charge in [0.15, 0.2) is 0 Å². The molecule has 114 valence electrons. The molecule has 7 nitrogen and oxygen atoms in total. The Morgan fingerprint density at radius 1 is 1.45 bits per heavy atom. The van der Waals surface area contributed by atoms with Crippen LogP contribution in [0.3, 0.4) is 0 Å². The summed E-state index contributed by atoms with van der Waals surface area (Å²) in [5.41, 5.74) is 5.24. The van der Waals surface area contributed by atoms with Crippen molar-refractivity contribution in [1.82, 2.24) is 9.80 Å². The Morgan fingerprint density at radius 2 is 2.10 bits per heavy atom. The average molecular weight is 285 g/mol. The molecule has 1 rings (SSSR count). The zero-order valence-corrected chi connectivity index (χ0v) is 12.0. The van der Waals surface area contributed by atoms with Gasteiger partial charge in [-0.05, 0) is 26.2 Å². The summed E-state index contributed by atoms with van der Waals surface area (Å²) in [6.45, 7) is 4.27. The average Bonchev–Trinajstić information content (AvgIpc) is 2.43. The molecule has 0 spiro atoms. The lowest BCUT2D eigenvalue weighted by atomic mass is 9.96. The minimum absolute atomic E-state index is 0.137. The summed E-state index contributed by atoms with van der Waals surface area (Å²) < 4.78 is 0. The molecule has 2 atom stereocenters. The fourth-order valence-electron chi connectivity index (χ4n) is 2.43. The van der Waals surface area contributed by atoms with Gasteiger partial charge in [-0.25, -0.2) is 4.79 Å². The number of amides is 3. The SMILES string of the molecule is CC[C@@H](C)N(CC(=O)O)C(=O)[C@H]1CCCN(C(N)=O)C1. The second-order valence-electron chi connectivity index (χ2n) is 5.24. The zero-order chi connectivity index (χ0) is 15.3. The van der Waals surface area contributed by atoms with E-state index in [2.05, 4.69) is 0 Å². The van der Waals surface area contributed by atoms with Gasteiger partial charge < -0.3 is 20.6 Å². The number of primary amides is 1. The first-order chi connectivity index (χ1) is 9.36. The maximum Gasteiger partial charge on any atom is 0.323 e. The van der Waals surface area contributed by atoms with E-state index in [4.69, 9.17) is 10.8 Å². The number of carbonyl (C=O) groups excluding carboxylic acids is 2. The number of hydrogen-bond donors (Lipinski definition) is 2. The summed E-state index contributed by atoms with van der Waals surface area (Å²) in [5.74, 6) is -1.58. The molecule has 1 saturated heterocycles. The van der Waals surface area contributed by atoms with Gasteiger partial charge in [0.2, 0.25) is 5.91 Å². The quantitative estimate of drug-likeness (QED) is 0.767. The molecule has 20 heavy (non-hydrogen) atoms. The normalized spacial score (nSPS) is 20.3. The van der Waals surface area contributed by atoms with Crippen LogP contribution in [0.25, 0.3) is 0 Å². The molecule has 1 heterocycles. The fourth-order valence-corrected chi connectivity index (χ4v) is 2.43. The largest absolute Gasteiger partial charge is 0.480 e. The summed E-state index contributed by atoms with van der Waals surface area (Å²) in [6, 6.07) is -0.668. The second kappa shape index (κ2) is 7.12. The summed E-state index contributed by atoms with van der Waals surface area (Å²) in [7, 11) is 0. The van der Waals surface area contributed by atoms with Crippen molar-refractivity contribution in [3.63, 3.8) is 0 Å². The third kappa shape index (κ3) is 4.11. The molecule has 0 aliphatic carbocycles. The van der Waals surface area contributed by atoms with E-state index in [1.54, 1.807) is 0 Å². The van der Waals surface area contributed by atoms with E-state index >= 15 is 0 Å². The number of carboxylic acids is 1. The van der Waals surface area contributed by atoms with Crippen molar-refractivity contribution in [2.75, 3.05) is 19.6 Å². The van der Waals surface area contributed by atoms with Crippen LogP contribution < -0.4 is 5.73 Å². The van der Waals surface area contributed by atoms with Crippen LogP contribution in [-0.4, -0.2) is 58.5 Å². The zero-order valence-electron chi connectivity index (χ0n) is 12.0. The maximum atomic E-state index is 12.5. The number of nitrogens with zero attached hydrogens (tertiary/aromatic N) is 2. The molecule has 0 radical (unpaired) electrons. The lowest BCUT2D eigenvalue weighted by Gasteiger charge is -2.35. The highest BCUT2D eigenvalue weighted by atomic mass is 16.4. The van der Waals surface area contributed by atoms with Crippen molar-refractivity contribution in [3.05, 3.63) is 0 Å². The van der Waals surface area contributed by atoms with Gasteiger partial charge in [0.1, 0.15) is 6.54 Å². The van der Waals surface area contributed by atoms with E-state index in [-0.39, 0.29) is 31.0 Å². The van der Waals surface area contributed by atoms with Crippen molar-refractivity contribution in [3.8, 4) is 0 Å². The number of piperidine rings is 1. The fraction of sp³-hybridized carbons (Fsp3) is 0.769. The molecule has 0 bridgehead atoms. The Hall–Kier alpha value is -1.79. The molecule has 1 aliphatic heterocycles. The van der Waals surface area contributed by atoms with E-state index in [1.807, 2.05) is 13.8 Å². The lowest BCUT2D eigenvalue weighted by Crippen LogP contribution is -2.51. The van der Waals surface area contributed by atoms with E-state index in [1.165, 1.54) is 9.80 Å². The van der Waals surface area contributed by atoms with E-state index < -0.39 is 12.0 Å². The number of aliphatic carboxylic acids is 1. The summed E-state index contributed by atoms with van der Waals surface area (Å²) >= 11 is 0. The Kier molecular flexibility index (Phi) is 5.79. The second-order valence-corrected chi connectivity index (χ2v) is 5.24. The third-order valence-corrected chi connectivity index (χ3v) is 3.79. The van der Waals surface area contributed by atoms with Crippen LogP contribution >= 0.6 is 0 Å². The number of carboxylic acid groups (broad SMARTS) is 1. The van der Waals surface area contributed by atoms with Gasteiger partial charge in [-0.3, -0.25) is 9.59 Å². The van der Waals surface area contributed by atoms with Crippen molar-refractivity contribution in [2.45, 2.75) is 39.2 Å². The molecule has 0 unspecified atom stereocenters. The molecule has 3 amide bonds. The number of likely N-dealkylation sites (tertiary alicyclic amines) is 1. The van der Waals surface area contributed by atoms with E-state index in [0.717, 1.165) is 0 Å². The monoisotopic (exact) mass is 285 g/mol. The van der Waals surface area contributed by atoms with Gasteiger partial charge >= 0.3 is 12.0 Å². The smallest absolute Gasteiger partial charge is 0.323 e. The highest BCUT2D eigenvalue weighted by Crippen LogP contribution is 2.20. The number of nitrogens with two attached hydrogens (primary N) is 1. The first-order valence-corrected chi connectivity index (χ1v) is 6.93. The molecular weight excluding hydrogens is 262 g/mol. The Labute approximate surface area is 118 Å². The Morgan fingerprint density at radius 3 is 2.60 bits per heavy atom. The minimum atomic E-state index is -1.03. The molecule has 7 heteroatoms. The van der Waals surface area contributed by atoms with Gasteiger partial charge in [-0.1, -0.05) is 6.92 Å². The molecule has 1 fully saturated rings. The molecule has 3 N–H and O–H groups in total. The van der Waals surface area contributed by atoms with Gasteiger partial charge in [-0.2, -0.15) is 0 Å². The predicted molar refractivity (Wildman–Crippen MR) is 73.0 cm³/mol. The summed E-state index contributed by atoms with van der Waals surface area (Å²) in [6.07, 6.45) is 2.06. The van der Waals surface area contributed by atoms with E-state index in [0.29, 0.717) is 25.8 Å². The minimum Gasteiger partial charge on any atom is -0.480 e. The number of carbonyl (C=O) groups is 3. The number of hydrogen-bond acceptors (Lipinski definition) is 3. The van der Waals surface area contributed by atoms with Gasteiger partial charge in [0.25, 0.3) is 0 Å². The lowest BCUT2D eigenvalue weighted by molar-refractivity contribution is -0.148. The first kappa shape index (κ1) is 16.3. The molecule has 1 aliphatic rings. The standard InChI is InChI=1S/C13H23N3O4/c1-3-9(2)16(8-11(17)18)12(19)10-5-4-6-15(7-10)13(14)20/h9-10H,3-8H2,1-2H3,(H2,14,20)(H,17,18)/t9-,10+/m1/s1. The van der Waals surface area contributed by atoms with Crippen LogP contribution in [0.15, 0.2) is 0 Å². The molecular formula is C13H23N3O4. The maximum absolute atomic E-state index is 12.5. The van der Waals surface area contributed by atoms with Crippen LogP contribution in [0.5, 0.6) is 0 Å². The number of rotatable bonds is 5. The van der Waals surface area contributed by atoms with Gasteiger partial charge in [-0.15, -0.1) is 0 Å². The Bertz CT molecular complexity index is 386. The highest BCUT2D eigenvalue weighted by Gasteiger charge is 2.32. The molecule has 0 aromatic rings. The van der Waals surface area contributed by atoms with Crippen LogP contribution in [0.2, 0.25) is 0 Å². The van der Waals surface area contributed by atoms with Gasteiger partial charge in [0.05, 0.1) is 5.92 Å². The molecule has 0 aromatic carbocycles. The van der Waals surface area contributed by atoms with Crippen LogP contribution in [-0.2, 0) is 9.59 Å². The van der Waals surface area contributed by atoms with Crippen LogP contribution in [0.1, 0.15) is 33.1 Å². The predicted octanol–water partition coefficient (Wildman–Crippen LogP) is 0.489. The van der Waals surface area contributed by atoms with Crippen molar-refractivity contribution < 1.29 is 19.5 Å². The van der Waals surface area contributed by atoms with Crippen molar-refractivity contribution in [2.24, 2.45) is 11.7 Å². The Balaban J connectivity index is 2.77. The van der Waals surface area contributed by atoms with E-state index in [9.17, 15) is 14.4 Å². The molecule has 0 saturated carbocycles. The van der Waals surface area contributed by atoms with Crippen LogP contribution in [0.4, 0.5) is 4.79 Å². The molecule has 0 aromatic heterocycles. The van der Waals surface area contributed by atoms with Crippen molar-refractivity contribution >= 4 is 17.9 Å². The van der Waals surface area contributed by atoms with Crippen molar-refractivity contribution in [1.29, 1.82) is 0 Å². The highest BCUT2D eigenvalue weighted by molar-refractivity contribution is 5.84. The van der Waals surface area contributed by atoms with Crippen LogP contribution in [0, 0.1) is 5.92 Å². The number of urea groups is 1. The topological polar surface area (TPSA) is 104 Å². The summed E-state index contributed by atoms with van der Waals surface area (Å²) in [5, 5.41) is 8.94. The third-order valence-electron chi connectivity index (χ3n) is 3.79. The first-order valence-electron chi connectivity index (χ1n) is 6.93.